The number of nitrogens with one attached hydrogen (secondary N) is 1. The summed E-state index contributed by atoms with van der Waals surface area (Å²) in [5, 5.41) is 3.14. The van der Waals surface area contributed by atoms with Gasteiger partial charge in [0, 0.05) is 19.1 Å². The molecule has 2 aliphatic heterocycles. The van der Waals surface area contributed by atoms with Crippen molar-refractivity contribution in [1.82, 2.24) is 15.1 Å². The number of likely N-dealkylation sites (tertiary alicyclic amines) is 1. The molecule has 162 valence electrons. The van der Waals surface area contributed by atoms with Crippen LogP contribution in [0.25, 0.3) is 0 Å². The molecule has 2 heterocycles. The molecule has 0 spiro atoms. The number of carbonyl (C=O) groups excluding carboxylic acids is 3. The van der Waals surface area contributed by atoms with Crippen molar-refractivity contribution in [3.05, 3.63) is 29.3 Å². The summed E-state index contributed by atoms with van der Waals surface area (Å²) < 4.78 is 10.6. The number of piperidine rings is 1. The molecule has 0 aromatic heterocycles. The third-order valence-corrected chi connectivity index (χ3v) is 6.60. The fraction of sp³-hybridized carbons (Fsp3) is 0.591. The molecule has 30 heavy (non-hydrogen) atoms. The summed E-state index contributed by atoms with van der Waals surface area (Å²) in [6, 6.07) is 5.88. The Balaban J connectivity index is 1.28. The van der Waals surface area contributed by atoms with Crippen LogP contribution in [-0.2, 0) is 14.3 Å². The molecule has 1 saturated carbocycles. The number of fused-ring (bicyclic) bond motifs is 2. The van der Waals surface area contributed by atoms with E-state index in [1.165, 1.54) is 4.90 Å². The Morgan fingerprint density at radius 2 is 1.93 bits per heavy atom. The number of cyclic esters (lactones) is 1. The van der Waals surface area contributed by atoms with Crippen LogP contribution in [0.3, 0.4) is 0 Å². The van der Waals surface area contributed by atoms with E-state index in [9.17, 15) is 14.4 Å². The van der Waals surface area contributed by atoms with Gasteiger partial charge in [0.25, 0.3) is 5.91 Å². The quantitative estimate of drug-likeness (QED) is 0.761. The molecule has 3 amide bonds. The highest BCUT2D eigenvalue weighted by atomic mass is 16.6. The van der Waals surface area contributed by atoms with E-state index in [2.05, 4.69) is 5.32 Å². The second-order valence-electron chi connectivity index (χ2n) is 8.51. The normalized spacial score (nSPS) is 25.3. The van der Waals surface area contributed by atoms with E-state index in [1.807, 2.05) is 36.9 Å². The van der Waals surface area contributed by atoms with Crippen molar-refractivity contribution in [2.45, 2.75) is 32.7 Å². The molecule has 2 bridgehead atoms. The number of carbonyl (C=O) groups is 3. The Morgan fingerprint density at radius 3 is 2.60 bits per heavy atom. The van der Waals surface area contributed by atoms with Gasteiger partial charge in [0.15, 0.2) is 6.61 Å². The fourth-order valence-electron chi connectivity index (χ4n) is 4.75. The zero-order chi connectivity index (χ0) is 21.3. The van der Waals surface area contributed by atoms with Gasteiger partial charge in [-0.3, -0.25) is 14.5 Å². The van der Waals surface area contributed by atoms with Crippen molar-refractivity contribution in [3.63, 3.8) is 0 Å². The molecule has 1 aromatic carbocycles. The highest BCUT2D eigenvalue weighted by Crippen LogP contribution is 2.37. The lowest BCUT2D eigenvalue weighted by atomic mass is 9.92. The molecule has 3 atom stereocenters. The van der Waals surface area contributed by atoms with Crippen LogP contribution in [0.2, 0.25) is 0 Å². The van der Waals surface area contributed by atoms with Crippen LogP contribution in [0.4, 0.5) is 4.79 Å². The maximum Gasteiger partial charge on any atom is 0.410 e. The van der Waals surface area contributed by atoms with Crippen LogP contribution in [0.5, 0.6) is 5.75 Å². The van der Waals surface area contributed by atoms with Gasteiger partial charge in [-0.05, 0) is 55.7 Å². The summed E-state index contributed by atoms with van der Waals surface area (Å²) >= 11 is 0. The lowest BCUT2D eigenvalue weighted by molar-refractivity contribution is -0.134. The molecule has 8 heteroatoms. The number of hydrogen-bond acceptors (Lipinski definition) is 5. The summed E-state index contributed by atoms with van der Waals surface area (Å²) in [5.74, 6) is 1.03. The molecule has 1 N–H and O–H groups in total. The smallest absolute Gasteiger partial charge is 0.410 e. The van der Waals surface area contributed by atoms with Gasteiger partial charge in [-0.1, -0.05) is 12.1 Å². The molecule has 1 aromatic rings. The zero-order valence-corrected chi connectivity index (χ0v) is 17.6. The topological polar surface area (TPSA) is 88.2 Å². The van der Waals surface area contributed by atoms with Crippen LogP contribution in [-0.4, -0.2) is 73.1 Å². The first-order chi connectivity index (χ1) is 14.4. The van der Waals surface area contributed by atoms with Crippen LogP contribution in [0.15, 0.2) is 18.2 Å². The van der Waals surface area contributed by atoms with Crippen molar-refractivity contribution < 1.29 is 23.9 Å². The SMILES string of the molecule is Cc1cccc(OCC(=O)NC2[C@@H]3CC[C@H]2CN(C(=O)CN2CCOC2=O)C3)c1C. The van der Waals surface area contributed by atoms with Gasteiger partial charge in [0.2, 0.25) is 5.91 Å². The monoisotopic (exact) mass is 415 g/mol. The minimum Gasteiger partial charge on any atom is -0.483 e. The largest absolute Gasteiger partial charge is 0.483 e. The summed E-state index contributed by atoms with van der Waals surface area (Å²) in [6.45, 7) is 6.08. The molecule has 1 unspecified atom stereocenters. The molecule has 4 rings (SSSR count). The number of aryl methyl sites for hydroxylation is 1. The lowest BCUT2D eigenvalue weighted by Gasteiger charge is -2.38. The first kappa shape index (κ1) is 20.5. The minimum atomic E-state index is -0.419. The van der Waals surface area contributed by atoms with Gasteiger partial charge in [0.05, 0.1) is 6.54 Å². The van der Waals surface area contributed by atoms with Gasteiger partial charge >= 0.3 is 6.09 Å². The van der Waals surface area contributed by atoms with Gasteiger partial charge in [-0.2, -0.15) is 0 Å². The minimum absolute atomic E-state index is 0.0139. The van der Waals surface area contributed by atoms with Gasteiger partial charge in [0.1, 0.15) is 18.9 Å². The second kappa shape index (κ2) is 8.53. The lowest BCUT2D eigenvalue weighted by Crippen LogP contribution is -2.55. The van der Waals surface area contributed by atoms with E-state index in [1.54, 1.807) is 0 Å². The molecule has 3 aliphatic rings. The number of hydrogen-bond donors (Lipinski definition) is 1. The van der Waals surface area contributed by atoms with Crippen LogP contribution < -0.4 is 10.1 Å². The third-order valence-electron chi connectivity index (χ3n) is 6.60. The molecule has 3 fully saturated rings. The Bertz CT molecular complexity index is 828. The summed E-state index contributed by atoms with van der Waals surface area (Å²) in [6.07, 6.45) is 1.56. The first-order valence-electron chi connectivity index (χ1n) is 10.6. The van der Waals surface area contributed by atoms with Gasteiger partial charge < -0.3 is 19.7 Å². The zero-order valence-electron chi connectivity index (χ0n) is 17.6. The number of rotatable bonds is 6. The van der Waals surface area contributed by atoms with Crippen LogP contribution in [0.1, 0.15) is 24.0 Å². The summed E-state index contributed by atoms with van der Waals surface area (Å²) in [5.41, 5.74) is 2.17. The molecule has 8 nitrogen and oxygen atoms in total. The fourth-order valence-corrected chi connectivity index (χ4v) is 4.75. The van der Waals surface area contributed by atoms with Crippen molar-refractivity contribution in [2.24, 2.45) is 11.8 Å². The van der Waals surface area contributed by atoms with Crippen molar-refractivity contribution in [2.75, 3.05) is 39.4 Å². The van der Waals surface area contributed by atoms with Gasteiger partial charge in [-0.15, -0.1) is 0 Å². The molecular weight excluding hydrogens is 386 g/mol. The Morgan fingerprint density at radius 1 is 1.20 bits per heavy atom. The van der Waals surface area contributed by atoms with Crippen molar-refractivity contribution >= 4 is 17.9 Å². The van der Waals surface area contributed by atoms with Crippen molar-refractivity contribution in [1.29, 1.82) is 0 Å². The number of benzene rings is 1. The third kappa shape index (κ3) is 4.22. The molecule has 2 saturated heterocycles. The Kier molecular flexibility index (Phi) is 5.83. The maximum atomic E-state index is 12.6. The van der Waals surface area contributed by atoms with E-state index in [0.717, 1.165) is 29.7 Å². The highest BCUT2D eigenvalue weighted by molar-refractivity contribution is 5.83. The Hall–Kier alpha value is -2.77. The second-order valence-corrected chi connectivity index (χ2v) is 8.51. The van der Waals surface area contributed by atoms with E-state index in [-0.39, 0.29) is 42.8 Å². The number of nitrogens with zero attached hydrogens (tertiary/aromatic N) is 2. The van der Waals surface area contributed by atoms with E-state index < -0.39 is 6.09 Å². The average Bonchev–Trinajstić information content (AvgIpc) is 3.20. The maximum absolute atomic E-state index is 12.6. The summed E-state index contributed by atoms with van der Waals surface area (Å²) in [7, 11) is 0. The van der Waals surface area contributed by atoms with Gasteiger partial charge in [-0.25, -0.2) is 4.79 Å². The van der Waals surface area contributed by atoms with Crippen LogP contribution in [0, 0.1) is 25.7 Å². The van der Waals surface area contributed by atoms with E-state index >= 15 is 0 Å². The van der Waals surface area contributed by atoms with Crippen LogP contribution >= 0.6 is 0 Å². The predicted octanol–water partition coefficient (Wildman–Crippen LogP) is 1.49. The number of ether oxygens (including phenoxy) is 2. The van der Waals surface area contributed by atoms with E-state index in [0.29, 0.717) is 26.2 Å². The Labute approximate surface area is 176 Å². The molecule has 0 radical (unpaired) electrons. The predicted molar refractivity (Wildman–Crippen MR) is 109 cm³/mol. The number of amides is 3. The molecule has 1 aliphatic carbocycles. The van der Waals surface area contributed by atoms with Crippen molar-refractivity contribution in [3.8, 4) is 5.75 Å². The molecular formula is C22H29N3O5. The van der Waals surface area contributed by atoms with E-state index in [4.69, 9.17) is 9.47 Å². The average molecular weight is 415 g/mol. The summed E-state index contributed by atoms with van der Waals surface area (Å²) in [4.78, 5) is 40.0. The highest BCUT2D eigenvalue weighted by Gasteiger charge is 2.44. The standard InChI is InChI=1S/C22H29N3O5/c1-14-4-3-5-18(15(14)2)30-13-19(26)23-21-16-6-7-17(21)11-25(10-16)20(27)12-24-8-9-29-22(24)28/h3-5,16-17,21H,6-13H2,1-2H3,(H,23,26)/t16-,17+,21?. The first-order valence-corrected chi connectivity index (χ1v) is 10.6.